The molecule has 0 spiro atoms. The van der Waals surface area contributed by atoms with E-state index in [9.17, 15) is 9.59 Å². The van der Waals surface area contributed by atoms with Gasteiger partial charge in [0, 0.05) is 32.7 Å². The summed E-state index contributed by atoms with van der Waals surface area (Å²) >= 11 is 11.9. The van der Waals surface area contributed by atoms with Crippen LogP contribution in [0.4, 0.5) is 17.1 Å². The highest BCUT2D eigenvalue weighted by Gasteiger charge is 2.13. The smallest absolute Gasteiger partial charge is 0.329 e. The minimum atomic E-state index is -0.915. The maximum atomic E-state index is 12.0. The highest BCUT2D eigenvalue weighted by Crippen LogP contribution is 2.23. The van der Waals surface area contributed by atoms with Gasteiger partial charge in [-0.3, -0.25) is 9.59 Å². The van der Waals surface area contributed by atoms with Crippen molar-refractivity contribution < 1.29 is 9.59 Å². The molecule has 0 radical (unpaired) electrons. The first-order valence-corrected chi connectivity index (χ1v) is 9.69. The molecule has 0 bridgehead atoms. The average Bonchev–Trinajstić information content (AvgIpc) is 2.71. The Labute approximate surface area is 183 Å². The second-order valence-corrected chi connectivity index (χ2v) is 7.26. The molecule has 0 saturated carbocycles. The Hall–Kier alpha value is -3.35. The van der Waals surface area contributed by atoms with Gasteiger partial charge in [0.1, 0.15) is 0 Å². The highest BCUT2D eigenvalue weighted by atomic mass is 35.5. The fourth-order valence-corrected chi connectivity index (χ4v) is 2.88. The topological polar surface area (TPSA) is 82.6 Å². The first-order chi connectivity index (χ1) is 14.4. The summed E-state index contributed by atoms with van der Waals surface area (Å²) in [5.41, 5.74) is 6.03. The maximum Gasteiger partial charge on any atom is 0.329 e. The Morgan fingerprint density at radius 2 is 1.60 bits per heavy atom. The standard InChI is InChI=1S/C22H18Cl2N4O2/c1-14-5-8-18(9-6-14)26-20-10-7-17(24)11-15(20)13-25-28-22(30)21(29)27-19-4-2-3-16(23)12-19/h2-13,26H,1H3,(H,27,29)(H,28,30)/b25-13-. The van der Waals surface area contributed by atoms with Gasteiger partial charge in [0.2, 0.25) is 0 Å². The summed E-state index contributed by atoms with van der Waals surface area (Å²) in [4.78, 5) is 24.0. The molecule has 0 saturated heterocycles. The molecule has 152 valence electrons. The number of anilines is 3. The van der Waals surface area contributed by atoms with Crippen LogP contribution in [0.25, 0.3) is 0 Å². The summed E-state index contributed by atoms with van der Waals surface area (Å²) < 4.78 is 0. The molecule has 0 aliphatic heterocycles. The van der Waals surface area contributed by atoms with Gasteiger partial charge in [-0.05, 0) is 55.5 Å². The Bertz CT molecular complexity index is 1100. The Balaban J connectivity index is 1.66. The summed E-state index contributed by atoms with van der Waals surface area (Å²) in [5, 5.41) is 10.5. The lowest BCUT2D eigenvalue weighted by atomic mass is 10.1. The van der Waals surface area contributed by atoms with Gasteiger partial charge >= 0.3 is 11.8 Å². The molecule has 0 heterocycles. The first-order valence-electron chi connectivity index (χ1n) is 8.94. The number of carbonyl (C=O) groups excluding carboxylic acids is 2. The quantitative estimate of drug-likeness (QED) is 0.292. The van der Waals surface area contributed by atoms with Gasteiger partial charge < -0.3 is 10.6 Å². The summed E-state index contributed by atoms with van der Waals surface area (Å²) in [6, 6.07) is 19.6. The molecule has 3 rings (SSSR count). The van der Waals surface area contributed by atoms with Gasteiger partial charge in [0.05, 0.1) is 6.21 Å². The van der Waals surface area contributed by atoms with E-state index in [0.717, 1.165) is 16.9 Å². The fourth-order valence-electron chi connectivity index (χ4n) is 2.51. The molecule has 0 aliphatic carbocycles. The Morgan fingerprint density at radius 3 is 2.33 bits per heavy atom. The summed E-state index contributed by atoms with van der Waals surface area (Å²) in [6.07, 6.45) is 1.41. The van der Waals surface area contributed by atoms with E-state index in [1.165, 1.54) is 12.3 Å². The van der Waals surface area contributed by atoms with Crippen LogP contribution in [0.15, 0.2) is 71.8 Å². The number of carbonyl (C=O) groups is 2. The number of benzene rings is 3. The molecule has 2 amide bonds. The van der Waals surface area contributed by atoms with Crippen molar-refractivity contribution in [3.8, 4) is 0 Å². The van der Waals surface area contributed by atoms with Crippen molar-refractivity contribution in [3.05, 3.63) is 87.9 Å². The van der Waals surface area contributed by atoms with Crippen LogP contribution in [0.2, 0.25) is 10.0 Å². The Kier molecular flexibility index (Phi) is 7.06. The number of rotatable bonds is 5. The predicted molar refractivity (Wildman–Crippen MR) is 122 cm³/mol. The second kappa shape index (κ2) is 9.91. The third-order valence-electron chi connectivity index (χ3n) is 4.00. The average molecular weight is 441 g/mol. The number of hydrogen-bond acceptors (Lipinski definition) is 4. The molecule has 0 unspecified atom stereocenters. The molecule has 3 aromatic carbocycles. The van der Waals surface area contributed by atoms with Gasteiger partial charge in [-0.1, -0.05) is 47.0 Å². The number of nitrogens with one attached hydrogen (secondary N) is 3. The lowest BCUT2D eigenvalue weighted by Gasteiger charge is -2.10. The molecule has 0 fully saturated rings. The third kappa shape index (κ3) is 6.07. The Morgan fingerprint density at radius 1 is 0.867 bits per heavy atom. The lowest BCUT2D eigenvalue weighted by molar-refractivity contribution is -0.136. The largest absolute Gasteiger partial charge is 0.355 e. The van der Waals surface area contributed by atoms with Crippen LogP contribution < -0.4 is 16.1 Å². The van der Waals surface area contributed by atoms with E-state index in [1.54, 1.807) is 36.4 Å². The van der Waals surface area contributed by atoms with Crippen LogP contribution in [-0.2, 0) is 9.59 Å². The number of halogens is 2. The van der Waals surface area contributed by atoms with E-state index < -0.39 is 11.8 Å². The van der Waals surface area contributed by atoms with E-state index in [-0.39, 0.29) is 0 Å². The van der Waals surface area contributed by atoms with E-state index in [4.69, 9.17) is 23.2 Å². The van der Waals surface area contributed by atoms with E-state index >= 15 is 0 Å². The summed E-state index contributed by atoms with van der Waals surface area (Å²) in [5.74, 6) is -1.78. The normalized spacial score (nSPS) is 10.6. The van der Waals surface area contributed by atoms with Crippen molar-refractivity contribution in [2.24, 2.45) is 5.10 Å². The van der Waals surface area contributed by atoms with Gasteiger partial charge in [-0.25, -0.2) is 5.43 Å². The van der Waals surface area contributed by atoms with Crippen molar-refractivity contribution in [2.45, 2.75) is 6.92 Å². The zero-order valence-corrected chi connectivity index (χ0v) is 17.5. The molecular weight excluding hydrogens is 423 g/mol. The fraction of sp³-hybridized carbons (Fsp3) is 0.0455. The van der Waals surface area contributed by atoms with Crippen LogP contribution in [0.5, 0.6) is 0 Å². The number of hydrogen-bond donors (Lipinski definition) is 3. The first kappa shape index (κ1) is 21.4. The molecule has 3 N–H and O–H groups in total. The molecular formula is C22H18Cl2N4O2. The van der Waals surface area contributed by atoms with Crippen molar-refractivity contribution in [2.75, 3.05) is 10.6 Å². The van der Waals surface area contributed by atoms with Crippen LogP contribution in [0.3, 0.4) is 0 Å². The van der Waals surface area contributed by atoms with Gasteiger partial charge in [-0.15, -0.1) is 0 Å². The van der Waals surface area contributed by atoms with Gasteiger partial charge in [0.15, 0.2) is 0 Å². The van der Waals surface area contributed by atoms with Crippen LogP contribution >= 0.6 is 23.2 Å². The lowest BCUT2D eigenvalue weighted by Crippen LogP contribution is -2.32. The monoisotopic (exact) mass is 440 g/mol. The van der Waals surface area contributed by atoms with Crippen LogP contribution in [0, 0.1) is 6.92 Å². The van der Waals surface area contributed by atoms with Crippen molar-refractivity contribution >= 4 is 58.3 Å². The molecule has 8 heteroatoms. The molecule has 30 heavy (non-hydrogen) atoms. The van der Waals surface area contributed by atoms with Crippen molar-refractivity contribution in [1.82, 2.24) is 5.43 Å². The number of nitrogens with zero attached hydrogens (tertiary/aromatic N) is 1. The van der Waals surface area contributed by atoms with Crippen molar-refractivity contribution in [1.29, 1.82) is 0 Å². The van der Waals surface area contributed by atoms with E-state index in [2.05, 4.69) is 21.2 Å². The molecule has 3 aromatic rings. The molecule has 0 aromatic heterocycles. The van der Waals surface area contributed by atoms with E-state index in [0.29, 0.717) is 21.3 Å². The van der Waals surface area contributed by atoms with Crippen molar-refractivity contribution in [3.63, 3.8) is 0 Å². The molecule has 6 nitrogen and oxygen atoms in total. The highest BCUT2D eigenvalue weighted by molar-refractivity contribution is 6.39. The SMILES string of the molecule is Cc1ccc(Nc2ccc(Cl)cc2/C=N\NC(=O)C(=O)Nc2cccc(Cl)c2)cc1. The maximum absolute atomic E-state index is 12.0. The zero-order valence-electron chi connectivity index (χ0n) is 15.9. The number of hydrazone groups is 1. The summed E-state index contributed by atoms with van der Waals surface area (Å²) in [6.45, 7) is 2.01. The predicted octanol–water partition coefficient (Wildman–Crippen LogP) is 5.13. The van der Waals surface area contributed by atoms with E-state index in [1.807, 2.05) is 31.2 Å². The van der Waals surface area contributed by atoms with Gasteiger partial charge in [-0.2, -0.15) is 5.10 Å². The van der Waals surface area contributed by atoms with Gasteiger partial charge in [0.25, 0.3) is 0 Å². The third-order valence-corrected chi connectivity index (χ3v) is 4.47. The molecule has 0 aliphatic rings. The minimum absolute atomic E-state index is 0.408. The number of aryl methyl sites for hydroxylation is 1. The summed E-state index contributed by atoms with van der Waals surface area (Å²) in [7, 11) is 0. The minimum Gasteiger partial charge on any atom is -0.355 e. The second-order valence-electron chi connectivity index (χ2n) is 6.39. The van der Waals surface area contributed by atoms with Crippen LogP contribution in [-0.4, -0.2) is 18.0 Å². The van der Waals surface area contributed by atoms with Crippen LogP contribution in [0.1, 0.15) is 11.1 Å². The molecule has 0 atom stereocenters. The zero-order chi connectivity index (χ0) is 21.5. The number of amides is 2.